The zero-order valence-corrected chi connectivity index (χ0v) is 20.1. The molecule has 0 aromatic rings. The lowest BCUT2D eigenvalue weighted by atomic mass is 10.4. The van der Waals surface area contributed by atoms with Gasteiger partial charge in [0.05, 0.1) is 39.6 Å². The van der Waals surface area contributed by atoms with Gasteiger partial charge >= 0.3 is 17.6 Å². The Kier molecular flexibility index (Phi) is 8.58. The second-order valence-electron chi connectivity index (χ2n) is 7.28. The van der Waals surface area contributed by atoms with Gasteiger partial charge in [0.25, 0.3) is 0 Å². The predicted octanol–water partition coefficient (Wildman–Crippen LogP) is 1.00. The predicted molar refractivity (Wildman–Crippen MR) is 115 cm³/mol. The molecule has 6 rings (SSSR count). The number of hydrogen-bond donors (Lipinski definition) is 0. The largest absolute Gasteiger partial charge is 0.501 e. The lowest BCUT2D eigenvalue weighted by Gasteiger charge is -2.38. The highest BCUT2D eigenvalue weighted by molar-refractivity contribution is 8.76. The van der Waals surface area contributed by atoms with Crippen molar-refractivity contribution in [1.82, 2.24) is 9.80 Å². The van der Waals surface area contributed by atoms with E-state index in [0.29, 0.717) is 0 Å². The Bertz CT molecular complexity index is 403. The third-order valence-electron chi connectivity index (χ3n) is 5.44. The highest BCUT2D eigenvalue weighted by Crippen LogP contribution is 2.31. The Morgan fingerprint density at radius 2 is 0.786 bits per heavy atom. The molecule has 0 aromatic carbocycles. The van der Waals surface area contributed by atoms with Crippen LogP contribution in [0, 0.1) is 0 Å². The van der Waals surface area contributed by atoms with Crippen LogP contribution in [-0.2, 0) is 26.6 Å². The van der Waals surface area contributed by atoms with Crippen molar-refractivity contribution in [2.45, 2.75) is 12.1 Å². The molecular weight excluding hydrogens is 436 g/mol. The average molecular weight is 469 g/mol. The van der Waals surface area contributed by atoms with Crippen LogP contribution >= 0.6 is 21.6 Å². The molecule has 0 unspecified atom stereocenters. The van der Waals surface area contributed by atoms with Crippen LogP contribution in [0.5, 0.6) is 0 Å². The molecule has 28 heavy (non-hydrogen) atoms. The van der Waals surface area contributed by atoms with E-state index in [4.69, 9.17) is 26.6 Å². The summed E-state index contributed by atoms with van der Waals surface area (Å²) in [6.07, 6.45) is 0. The first kappa shape index (κ1) is 22.0. The molecule has 0 amide bonds. The van der Waals surface area contributed by atoms with Gasteiger partial charge in [-0.3, -0.25) is 9.80 Å². The Morgan fingerprint density at radius 3 is 1.07 bits per heavy atom. The van der Waals surface area contributed by atoms with E-state index in [0.717, 1.165) is 103 Å². The second-order valence-corrected chi connectivity index (χ2v) is 15.5. The molecule has 6 aliphatic rings. The van der Waals surface area contributed by atoms with Gasteiger partial charge in [0.15, 0.2) is 0 Å². The highest BCUT2D eigenvalue weighted by Gasteiger charge is 2.44. The van der Waals surface area contributed by atoms with Crippen LogP contribution in [0.15, 0.2) is 0 Å². The van der Waals surface area contributed by atoms with Crippen LogP contribution < -0.4 is 0 Å². The van der Waals surface area contributed by atoms with Crippen molar-refractivity contribution < 1.29 is 26.6 Å². The Hall–Kier alpha value is 0.814. The molecule has 0 aliphatic carbocycles. The first-order valence-electron chi connectivity index (χ1n) is 10.3. The molecule has 0 N–H and O–H groups in total. The van der Waals surface area contributed by atoms with E-state index in [1.54, 1.807) is 0 Å². The normalized spacial score (nSPS) is 39.4. The highest BCUT2D eigenvalue weighted by atomic mass is 33.1. The van der Waals surface area contributed by atoms with Crippen LogP contribution in [0.25, 0.3) is 0 Å². The summed E-state index contributed by atoms with van der Waals surface area (Å²) in [4.78, 5) is 4.69. The fourth-order valence-corrected chi connectivity index (χ4v) is 12.7. The van der Waals surface area contributed by atoms with Crippen LogP contribution in [0.3, 0.4) is 0 Å². The van der Waals surface area contributed by atoms with Crippen molar-refractivity contribution in [3.05, 3.63) is 0 Å². The third kappa shape index (κ3) is 6.17. The molecule has 162 valence electrons. The minimum absolute atomic E-state index is 0.724. The van der Waals surface area contributed by atoms with Gasteiger partial charge in [0.2, 0.25) is 0 Å². The van der Waals surface area contributed by atoms with Crippen molar-refractivity contribution in [2.24, 2.45) is 0 Å². The van der Waals surface area contributed by atoms with E-state index >= 15 is 0 Å². The molecule has 12 heteroatoms. The topological polar surface area (TPSA) is 61.9 Å². The fourth-order valence-electron chi connectivity index (χ4n) is 3.79. The van der Waals surface area contributed by atoms with Gasteiger partial charge in [-0.2, -0.15) is 0 Å². The number of nitrogens with zero attached hydrogens (tertiary/aromatic N) is 2. The Morgan fingerprint density at radius 1 is 0.500 bits per heavy atom. The van der Waals surface area contributed by atoms with E-state index < -0.39 is 17.6 Å². The summed E-state index contributed by atoms with van der Waals surface area (Å²) in [6, 6.07) is 1.76. The maximum absolute atomic E-state index is 6.09. The molecule has 0 saturated carbocycles. The van der Waals surface area contributed by atoms with Crippen LogP contribution in [0.1, 0.15) is 0 Å². The summed E-state index contributed by atoms with van der Waals surface area (Å²) < 4.78 is 36.6. The molecule has 8 nitrogen and oxygen atoms in total. The van der Waals surface area contributed by atoms with E-state index in [9.17, 15) is 0 Å². The molecule has 0 spiro atoms. The zero-order chi connectivity index (χ0) is 19.1. The molecule has 6 aliphatic heterocycles. The molecule has 6 heterocycles. The molecule has 0 radical (unpaired) electrons. The monoisotopic (exact) mass is 468 g/mol. The summed E-state index contributed by atoms with van der Waals surface area (Å²) in [7, 11) is -1.23. The average Bonchev–Trinajstić information content (AvgIpc) is 2.58. The number of fused-ring (bicyclic) bond motifs is 12. The maximum atomic E-state index is 6.09. The summed E-state index contributed by atoms with van der Waals surface area (Å²) in [6.45, 7) is 10.3. The van der Waals surface area contributed by atoms with Crippen LogP contribution in [0.2, 0.25) is 12.1 Å². The van der Waals surface area contributed by atoms with Crippen LogP contribution in [-0.4, -0.2) is 118 Å². The van der Waals surface area contributed by atoms with Gasteiger partial charge in [0, 0.05) is 62.9 Å². The summed E-state index contributed by atoms with van der Waals surface area (Å²) in [5, 5.41) is 0. The summed E-state index contributed by atoms with van der Waals surface area (Å²) >= 11 is 0. The quantitative estimate of drug-likeness (QED) is 0.307. The Balaban J connectivity index is 1.17. The summed E-state index contributed by atoms with van der Waals surface area (Å²) in [5.41, 5.74) is 0. The number of rotatable bonds is 7. The van der Waals surface area contributed by atoms with Crippen molar-refractivity contribution in [1.29, 1.82) is 0 Å². The first-order chi connectivity index (χ1) is 13.8. The van der Waals surface area contributed by atoms with Crippen molar-refractivity contribution in [3.63, 3.8) is 0 Å². The fraction of sp³-hybridized carbons (Fsp3) is 1.00. The maximum Gasteiger partial charge on any atom is 0.501 e. The molecule has 6 saturated heterocycles. The Labute approximate surface area is 178 Å². The number of hydrogen-bond acceptors (Lipinski definition) is 10. The summed E-state index contributed by atoms with van der Waals surface area (Å²) in [5.74, 6) is 1.96. The van der Waals surface area contributed by atoms with Gasteiger partial charge in [-0.1, -0.05) is 21.6 Å². The lowest BCUT2D eigenvalue weighted by Crippen LogP contribution is -2.55. The van der Waals surface area contributed by atoms with Crippen molar-refractivity contribution in [2.75, 3.05) is 90.4 Å². The van der Waals surface area contributed by atoms with Crippen molar-refractivity contribution >= 4 is 39.2 Å². The molecule has 6 fully saturated rings. The van der Waals surface area contributed by atoms with Crippen molar-refractivity contribution in [3.8, 4) is 0 Å². The first-order valence-corrected chi connectivity index (χ1v) is 16.7. The minimum atomic E-state index is -2.49. The third-order valence-corrected chi connectivity index (χ3v) is 14.2. The standard InChI is InChI=1S/C16H32N2O6S2Si2/c1-7-19-27(20-8-2-17(1)3-9-21-27)15-13-25-26-14-16-28-22-10-4-18(5-11-23-28)6-12-24-28/h1-16H2. The SMILES string of the molecule is C1CN2CCO[Si](CCSSCC[Si]34OCCN(CCO3)CCO4)(O1)OCC2. The molecule has 0 aromatic heterocycles. The smallest absolute Gasteiger partial charge is 0.372 e. The van der Waals surface area contributed by atoms with Gasteiger partial charge < -0.3 is 26.6 Å². The van der Waals surface area contributed by atoms with Crippen LogP contribution in [0.4, 0.5) is 0 Å². The molecular formula is C16H32N2O6S2Si2. The van der Waals surface area contributed by atoms with Gasteiger partial charge in [-0.25, -0.2) is 0 Å². The van der Waals surface area contributed by atoms with E-state index in [1.165, 1.54) is 0 Å². The van der Waals surface area contributed by atoms with E-state index in [2.05, 4.69) is 9.80 Å². The van der Waals surface area contributed by atoms with E-state index in [-0.39, 0.29) is 0 Å². The molecule has 0 atom stereocenters. The van der Waals surface area contributed by atoms with Gasteiger partial charge in [-0.05, 0) is 0 Å². The van der Waals surface area contributed by atoms with E-state index in [1.807, 2.05) is 21.6 Å². The zero-order valence-electron chi connectivity index (χ0n) is 16.5. The molecule has 4 bridgehead atoms. The van der Waals surface area contributed by atoms with Gasteiger partial charge in [-0.15, -0.1) is 0 Å². The lowest BCUT2D eigenvalue weighted by molar-refractivity contribution is -0.00782. The van der Waals surface area contributed by atoms with Gasteiger partial charge in [0.1, 0.15) is 0 Å². The minimum Gasteiger partial charge on any atom is -0.372 e. The second kappa shape index (κ2) is 10.9.